The molecule has 0 radical (unpaired) electrons. The number of carbonyl (C=O) groups excluding carboxylic acids is 1. The topological polar surface area (TPSA) is 44.4 Å². The van der Waals surface area contributed by atoms with E-state index in [0.29, 0.717) is 10.6 Å². The van der Waals surface area contributed by atoms with Crippen LogP contribution < -0.4 is 15.5 Å². The maximum atomic E-state index is 11.5. The van der Waals surface area contributed by atoms with Gasteiger partial charge in [-0.15, -0.1) is 0 Å². The molecule has 1 fully saturated rings. The number of carbonyl (C=O) groups is 1. The molecule has 0 aromatic heterocycles. The molecule has 1 heterocycles. The first-order valence-electron chi connectivity index (χ1n) is 5.69. The van der Waals surface area contributed by atoms with Gasteiger partial charge in [0.25, 0.3) is 5.91 Å². The largest absolute Gasteiger partial charge is 0.369 e. The Morgan fingerprint density at radius 1 is 1.41 bits per heavy atom. The zero-order valence-electron chi connectivity index (χ0n) is 9.79. The van der Waals surface area contributed by atoms with Gasteiger partial charge in [0.1, 0.15) is 0 Å². The highest BCUT2D eigenvalue weighted by atomic mass is 35.5. The molecule has 1 aromatic rings. The second kappa shape index (κ2) is 5.38. The Balaban J connectivity index is 2.20. The Morgan fingerprint density at radius 2 is 2.12 bits per heavy atom. The standard InChI is InChI=1S/C12H16ClN3O/c1-14-12(17)10-3-2-9(8-11(10)13)16-6-4-15-5-7-16/h2-3,8,15H,4-7H2,1H3,(H,14,17). The van der Waals surface area contributed by atoms with E-state index in [1.165, 1.54) is 0 Å². The Kier molecular flexibility index (Phi) is 3.86. The lowest BCUT2D eigenvalue weighted by Crippen LogP contribution is -2.43. The fourth-order valence-corrected chi connectivity index (χ4v) is 2.20. The van der Waals surface area contributed by atoms with Gasteiger partial charge in [0.15, 0.2) is 0 Å². The van der Waals surface area contributed by atoms with Crippen molar-refractivity contribution in [3.8, 4) is 0 Å². The summed E-state index contributed by atoms with van der Waals surface area (Å²) < 4.78 is 0. The van der Waals surface area contributed by atoms with Crippen LogP contribution in [0.1, 0.15) is 10.4 Å². The lowest BCUT2D eigenvalue weighted by molar-refractivity contribution is 0.0963. The molecule has 1 saturated heterocycles. The predicted octanol–water partition coefficient (Wildman–Crippen LogP) is 1.11. The molecule has 0 bridgehead atoms. The van der Waals surface area contributed by atoms with Crippen LogP contribution in [0.25, 0.3) is 0 Å². The molecule has 1 aliphatic rings. The molecule has 1 aliphatic heterocycles. The molecule has 1 aromatic carbocycles. The first-order valence-corrected chi connectivity index (χ1v) is 6.07. The molecule has 0 unspecified atom stereocenters. The number of anilines is 1. The highest BCUT2D eigenvalue weighted by Crippen LogP contribution is 2.24. The second-order valence-electron chi connectivity index (χ2n) is 3.98. The number of hydrogen-bond acceptors (Lipinski definition) is 3. The molecule has 2 N–H and O–H groups in total. The van der Waals surface area contributed by atoms with Gasteiger partial charge in [0.05, 0.1) is 10.6 Å². The molecular weight excluding hydrogens is 238 g/mol. The van der Waals surface area contributed by atoms with Crippen LogP contribution in [0.4, 0.5) is 5.69 Å². The molecule has 2 rings (SSSR count). The molecule has 0 spiro atoms. The number of rotatable bonds is 2. The van der Waals surface area contributed by atoms with E-state index < -0.39 is 0 Å². The van der Waals surface area contributed by atoms with Crippen LogP contribution >= 0.6 is 11.6 Å². The summed E-state index contributed by atoms with van der Waals surface area (Å²) in [7, 11) is 1.60. The first-order chi connectivity index (χ1) is 8.22. The van der Waals surface area contributed by atoms with Gasteiger partial charge in [-0.2, -0.15) is 0 Å². The third-order valence-corrected chi connectivity index (χ3v) is 3.22. The summed E-state index contributed by atoms with van der Waals surface area (Å²) in [6.07, 6.45) is 0. The molecule has 0 saturated carbocycles. The van der Waals surface area contributed by atoms with Crippen molar-refractivity contribution < 1.29 is 4.79 Å². The summed E-state index contributed by atoms with van der Waals surface area (Å²) in [5, 5.41) is 6.37. The maximum absolute atomic E-state index is 11.5. The van der Waals surface area contributed by atoms with Gasteiger partial charge >= 0.3 is 0 Å². The highest BCUT2D eigenvalue weighted by Gasteiger charge is 2.14. The smallest absolute Gasteiger partial charge is 0.252 e. The minimum atomic E-state index is -0.151. The summed E-state index contributed by atoms with van der Waals surface area (Å²) in [5.74, 6) is -0.151. The molecular formula is C12H16ClN3O. The van der Waals surface area contributed by atoms with Crippen molar-refractivity contribution in [3.05, 3.63) is 28.8 Å². The van der Waals surface area contributed by atoms with E-state index >= 15 is 0 Å². The summed E-state index contributed by atoms with van der Waals surface area (Å²) in [5.41, 5.74) is 1.59. The van der Waals surface area contributed by atoms with Crippen molar-refractivity contribution in [2.45, 2.75) is 0 Å². The fraction of sp³-hybridized carbons (Fsp3) is 0.417. The third kappa shape index (κ3) is 2.70. The molecule has 5 heteroatoms. The zero-order chi connectivity index (χ0) is 12.3. The average molecular weight is 254 g/mol. The molecule has 1 amide bonds. The third-order valence-electron chi connectivity index (χ3n) is 2.91. The fourth-order valence-electron chi connectivity index (χ4n) is 1.94. The predicted molar refractivity (Wildman–Crippen MR) is 69.9 cm³/mol. The monoisotopic (exact) mass is 253 g/mol. The Morgan fingerprint density at radius 3 is 2.71 bits per heavy atom. The van der Waals surface area contributed by atoms with Crippen LogP contribution in [-0.2, 0) is 0 Å². The summed E-state index contributed by atoms with van der Waals surface area (Å²) in [6.45, 7) is 3.90. The molecule has 92 valence electrons. The summed E-state index contributed by atoms with van der Waals surface area (Å²) >= 11 is 6.12. The second-order valence-corrected chi connectivity index (χ2v) is 4.39. The summed E-state index contributed by atoms with van der Waals surface area (Å²) in [4.78, 5) is 13.8. The van der Waals surface area contributed by atoms with Crippen LogP contribution in [0.15, 0.2) is 18.2 Å². The molecule has 0 atom stereocenters. The van der Waals surface area contributed by atoms with Crippen LogP contribution in [-0.4, -0.2) is 39.1 Å². The number of benzene rings is 1. The van der Waals surface area contributed by atoms with Crippen molar-refractivity contribution in [1.82, 2.24) is 10.6 Å². The van der Waals surface area contributed by atoms with Gasteiger partial charge < -0.3 is 15.5 Å². The van der Waals surface area contributed by atoms with Crippen molar-refractivity contribution in [1.29, 1.82) is 0 Å². The lowest BCUT2D eigenvalue weighted by Gasteiger charge is -2.29. The number of nitrogens with one attached hydrogen (secondary N) is 2. The van der Waals surface area contributed by atoms with Crippen molar-refractivity contribution in [3.63, 3.8) is 0 Å². The van der Waals surface area contributed by atoms with Crippen LogP contribution in [0.5, 0.6) is 0 Å². The van der Waals surface area contributed by atoms with Gasteiger partial charge in [-0.3, -0.25) is 4.79 Å². The van der Waals surface area contributed by atoms with Crippen LogP contribution in [0.3, 0.4) is 0 Å². The van der Waals surface area contributed by atoms with Gasteiger partial charge in [-0.1, -0.05) is 11.6 Å². The van der Waals surface area contributed by atoms with E-state index in [9.17, 15) is 4.79 Å². The number of hydrogen-bond donors (Lipinski definition) is 2. The Hall–Kier alpha value is -1.26. The Bertz CT molecular complexity index is 416. The summed E-state index contributed by atoms with van der Waals surface area (Å²) in [6, 6.07) is 5.58. The van der Waals surface area contributed by atoms with E-state index in [0.717, 1.165) is 31.9 Å². The number of amides is 1. The molecule has 4 nitrogen and oxygen atoms in total. The molecule has 0 aliphatic carbocycles. The Labute approximate surface area is 106 Å². The van der Waals surface area contributed by atoms with Crippen LogP contribution in [0.2, 0.25) is 5.02 Å². The van der Waals surface area contributed by atoms with E-state index in [2.05, 4.69) is 15.5 Å². The van der Waals surface area contributed by atoms with E-state index in [4.69, 9.17) is 11.6 Å². The highest BCUT2D eigenvalue weighted by molar-refractivity contribution is 6.34. The minimum Gasteiger partial charge on any atom is -0.369 e. The van der Waals surface area contributed by atoms with Crippen molar-refractivity contribution in [2.75, 3.05) is 38.1 Å². The maximum Gasteiger partial charge on any atom is 0.252 e. The van der Waals surface area contributed by atoms with Crippen molar-refractivity contribution in [2.24, 2.45) is 0 Å². The number of halogens is 1. The SMILES string of the molecule is CNC(=O)c1ccc(N2CCNCC2)cc1Cl. The van der Waals surface area contributed by atoms with E-state index in [-0.39, 0.29) is 5.91 Å². The lowest BCUT2D eigenvalue weighted by atomic mass is 10.1. The zero-order valence-corrected chi connectivity index (χ0v) is 10.5. The van der Waals surface area contributed by atoms with Crippen molar-refractivity contribution >= 4 is 23.2 Å². The quantitative estimate of drug-likeness (QED) is 0.830. The van der Waals surface area contributed by atoms with E-state index in [1.807, 2.05) is 12.1 Å². The van der Waals surface area contributed by atoms with E-state index in [1.54, 1.807) is 13.1 Å². The average Bonchev–Trinajstić information content (AvgIpc) is 2.39. The van der Waals surface area contributed by atoms with Gasteiger partial charge in [0, 0.05) is 38.9 Å². The molecule has 17 heavy (non-hydrogen) atoms. The minimum absolute atomic E-state index is 0.151. The number of nitrogens with zero attached hydrogens (tertiary/aromatic N) is 1. The van der Waals surface area contributed by atoms with Gasteiger partial charge in [-0.05, 0) is 18.2 Å². The normalized spacial score (nSPS) is 15.8. The first kappa shape index (κ1) is 12.2. The number of piperazine rings is 1. The van der Waals surface area contributed by atoms with Crippen LogP contribution in [0, 0.1) is 0 Å². The van der Waals surface area contributed by atoms with Gasteiger partial charge in [0.2, 0.25) is 0 Å². The van der Waals surface area contributed by atoms with Gasteiger partial charge in [-0.25, -0.2) is 0 Å².